The zero-order chi connectivity index (χ0) is 22.0. The van der Waals surface area contributed by atoms with Crippen molar-refractivity contribution in [3.8, 4) is 5.00 Å². The molecule has 8 heteroatoms. The molecule has 0 atom stereocenters. The summed E-state index contributed by atoms with van der Waals surface area (Å²) in [5.41, 5.74) is 2.31. The number of piperazine rings is 1. The highest BCUT2D eigenvalue weighted by Crippen LogP contribution is 2.31. The van der Waals surface area contributed by atoms with E-state index in [0.29, 0.717) is 31.7 Å². The number of aromatic nitrogens is 1. The van der Waals surface area contributed by atoms with Crippen LogP contribution in [0.3, 0.4) is 0 Å². The van der Waals surface area contributed by atoms with Gasteiger partial charge in [-0.1, -0.05) is 0 Å². The van der Waals surface area contributed by atoms with Gasteiger partial charge in [-0.05, 0) is 55.8 Å². The van der Waals surface area contributed by atoms with Crippen LogP contribution in [0.25, 0.3) is 5.00 Å². The molecule has 3 aromatic rings. The summed E-state index contributed by atoms with van der Waals surface area (Å²) in [6.45, 7) is 5.92. The summed E-state index contributed by atoms with van der Waals surface area (Å²) >= 11 is 1.53. The minimum absolute atomic E-state index is 0.209. The molecule has 0 spiro atoms. The highest BCUT2D eigenvalue weighted by Gasteiger charge is 2.25. The lowest BCUT2D eigenvalue weighted by atomic mass is 10.1. The summed E-state index contributed by atoms with van der Waals surface area (Å²) in [4.78, 5) is 30.3. The van der Waals surface area contributed by atoms with Crippen LogP contribution in [0.4, 0.5) is 10.1 Å². The van der Waals surface area contributed by atoms with Gasteiger partial charge in [-0.15, -0.1) is 11.3 Å². The van der Waals surface area contributed by atoms with Crippen LogP contribution < -0.4 is 4.90 Å². The predicted molar refractivity (Wildman–Crippen MR) is 119 cm³/mol. The number of thiophene rings is 1. The Morgan fingerprint density at radius 3 is 2.32 bits per heavy atom. The third-order valence-corrected chi connectivity index (χ3v) is 6.78. The fourth-order valence-electron chi connectivity index (χ4n) is 3.66. The standard InChI is InChI=1S/C23H24FN3O3S/c1-16-17(2)31-22(27-9-3-4-10-27)21(16)23(29)30-15-20(28)26-13-11-25(12-14-26)19-7-5-18(24)6-8-19/h3-10H,11-15H2,1-2H3. The Labute approximate surface area is 184 Å². The van der Waals surface area contributed by atoms with Crippen LogP contribution in [-0.4, -0.2) is 54.1 Å². The number of ether oxygens (including phenoxy) is 1. The highest BCUT2D eigenvalue weighted by atomic mass is 32.1. The number of rotatable bonds is 5. The second-order valence-corrected chi connectivity index (χ2v) is 8.68. The second-order valence-electron chi connectivity index (χ2n) is 7.47. The molecule has 3 heterocycles. The monoisotopic (exact) mass is 441 g/mol. The van der Waals surface area contributed by atoms with Gasteiger partial charge >= 0.3 is 5.97 Å². The largest absolute Gasteiger partial charge is 0.452 e. The van der Waals surface area contributed by atoms with Crippen molar-refractivity contribution in [2.24, 2.45) is 0 Å². The van der Waals surface area contributed by atoms with Crippen LogP contribution in [0.15, 0.2) is 48.8 Å². The molecule has 0 saturated carbocycles. The first kappa shape index (κ1) is 21.1. The molecule has 162 valence electrons. The van der Waals surface area contributed by atoms with Crippen LogP contribution in [0.2, 0.25) is 0 Å². The Kier molecular flexibility index (Phi) is 6.08. The average Bonchev–Trinajstić information content (AvgIpc) is 3.41. The van der Waals surface area contributed by atoms with Crippen LogP contribution in [0.5, 0.6) is 0 Å². The van der Waals surface area contributed by atoms with Gasteiger partial charge in [-0.2, -0.15) is 0 Å². The third-order valence-electron chi connectivity index (χ3n) is 5.56. The van der Waals surface area contributed by atoms with E-state index in [-0.39, 0.29) is 18.3 Å². The number of carbonyl (C=O) groups excluding carboxylic acids is 2. The van der Waals surface area contributed by atoms with Gasteiger partial charge < -0.3 is 19.1 Å². The molecule has 4 rings (SSSR count). The fraction of sp³-hybridized carbons (Fsp3) is 0.304. The first-order valence-corrected chi connectivity index (χ1v) is 10.9. The van der Waals surface area contributed by atoms with E-state index in [9.17, 15) is 14.0 Å². The smallest absolute Gasteiger partial charge is 0.341 e. The van der Waals surface area contributed by atoms with Gasteiger partial charge in [0.1, 0.15) is 10.8 Å². The molecule has 0 unspecified atom stereocenters. The van der Waals surface area contributed by atoms with Crippen LogP contribution in [0.1, 0.15) is 20.8 Å². The van der Waals surface area contributed by atoms with E-state index < -0.39 is 5.97 Å². The molecule has 1 amide bonds. The molecule has 31 heavy (non-hydrogen) atoms. The van der Waals surface area contributed by atoms with Crippen molar-refractivity contribution in [2.75, 3.05) is 37.7 Å². The quantitative estimate of drug-likeness (QED) is 0.565. The second kappa shape index (κ2) is 8.93. The van der Waals surface area contributed by atoms with E-state index in [1.165, 1.54) is 23.5 Å². The Balaban J connectivity index is 1.35. The van der Waals surface area contributed by atoms with Crippen molar-refractivity contribution in [1.29, 1.82) is 0 Å². The number of anilines is 1. The van der Waals surface area contributed by atoms with Crippen LogP contribution in [0, 0.1) is 19.7 Å². The van der Waals surface area contributed by atoms with Crippen molar-refractivity contribution < 1.29 is 18.7 Å². The lowest BCUT2D eigenvalue weighted by Crippen LogP contribution is -2.49. The van der Waals surface area contributed by atoms with Crippen molar-refractivity contribution >= 4 is 28.9 Å². The number of carbonyl (C=O) groups is 2. The minimum atomic E-state index is -0.483. The summed E-state index contributed by atoms with van der Waals surface area (Å²) in [7, 11) is 0. The molecule has 0 bridgehead atoms. The van der Waals surface area contributed by atoms with E-state index in [2.05, 4.69) is 4.90 Å². The Hall–Kier alpha value is -3.13. The minimum Gasteiger partial charge on any atom is -0.452 e. The summed E-state index contributed by atoms with van der Waals surface area (Å²) < 4.78 is 20.4. The molecule has 1 aromatic carbocycles. The molecule has 1 aliphatic rings. The first-order chi connectivity index (χ1) is 14.9. The zero-order valence-corrected chi connectivity index (χ0v) is 18.3. The average molecular weight is 442 g/mol. The van der Waals surface area contributed by atoms with Crippen molar-refractivity contribution in [3.63, 3.8) is 0 Å². The molecule has 6 nitrogen and oxygen atoms in total. The zero-order valence-electron chi connectivity index (χ0n) is 17.5. The maximum atomic E-state index is 13.1. The van der Waals surface area contributed by atoms with Gasteiger partial charge in [-0.25, -0.2) is 9.18 Å². The van der Waals surface area contributed by atoms with Gasteiger partial charge in [-0.3, -0.25) is 4.79 Å². The molecule has 1 saturated heterocycles. The topological polar surface area (TPSA) is 54.8 Å². The highest BCUT2D eigenvalue weighted by molar-refractivity contribution is 7.15. The molecule has 0 radical (unpaired) electrons. The third kappa shape index (κ3) is 4.49. The lowest BCUT2D eigenvalue weighted by Gasteiger charge is -2.36. The fourth-order valence-corrected chi connectivity index (χ4v) is 4.77. The van der Waals surface area contributed by atoms with E-state index in [4.69, 9.17) is 4.74 Å². The first-order valence-electron chi connectivity index (χ1n) is 10.1. The molecular weight excluding hydrogens is 417 g/mol. The van der Waals surface area contributed by atoms with Crippen molar-refractivity contribution in [1.82, 2.24) is 9.47 Å². The van der Waals surface area contributed by atoms with Gasteiger partial charge in [0.2, 0.25) is 0 Å². The van der Waals surface area contributed by atoms with Crippen molar-refractivity contribution in [3.05, 3.63) is 70.6 Å². The van der Waals surface area contributed by atoms with Crippen molar-refractivity contribution in [2.45, 2.75) is 13.8 Å². The maximum Gasteiger partial charge on any atom is 0.341 e. The summed E-state index contributed by atoms with van der Waals surface area (Å²) in [5, 5.41) is 0.797. The Morgan fingerprint density at radius 2 is 1.68 bits per heavy atom. The van der Waals surface area contributed by atoms with E-state index in [1.54, 1.807) is 17.0 Å². The maximum absolute atomic E-state index is 13.1. The number of amides is 1. The molecule has 2 aromatic heterocycles. The van der Waals surface area contributed by atoms with Gasteiger partial charge in [0, 0.05) is 49.1 Å². The predicted octanol–water partition coefficient (Wildman–Crippen LogP) is 3.80. The SMILES string of the molecule is Cc1sc(-n2cccc2)c(C(=O)OCC(=O)N2CCN(c3ccc(F)cc3)CC2)c1C. The van der Waals surface area contributed by atoms with Gasteiger partial charge in [0.15, 0.2) is 6.61 Å². The number of hydrogen-bond donors (Lipinski definition) is 0. The molecule has 0 aliphatic carbocycles. The lowest BCUT2D eigenvalue weighted by molar-refractivity contribution is -0.134. The van der Waals surface area contributed by atoms with E-state index >= 15 is 0 Å². The van der Waals surface area contributed by atoms with Gasteiger partial charge in [0.05, 0.1) is 5.56 Å². The summed E-state index contributed by atoms with van der Waals surface area (Å²) in [6.07, 6.45) is 3.76. The molecule has 0 N–H and O–H groups in total. The van der Waals surface area contributed by atoms with Crippen LogP contribution >= 0.6 is 11.3 Å². The number of aryl methyl sites for hydroxylation is 1. The number of halogens is 1. The Bertz CT molecular complexity index is 1070. The number of esters is 1. The number of nitrogens with zero attached hydrogens (tertiary/aromatic N) is 3. The van der Waals surface area contributed by atoms with E-state index in [1.807, 2.05) is 42.9 Å². The Morgan fingerprint density at radius 1 is 1.03 bits per heavy atom. The van der Waals surface area contributed by atoms with Crippen LogP contribution in [-0.2, 0) is 9.53 Å². The number of hydrogen-bond acceptors (Lipinski definition) is 5. The molecule has 1 aliphatic heterocycles. The van der Waals surface area contributed by atoms with Gasteiger partial charge in [0.25, 0.3) is 5.91 Å². The summed E-state index contributed by atoms with van der Waals surface area (Å²) in [5.74, 6) is -0.960. The number of benzene rings is 1. The van der Waals surface area contributed by atoms with E-state index in [0.717, 1.165) is 21.1 Å². The molecular formula is C23H24FN3O3S. The normalized spacial score (nSPS) is 14.0. The molecule has 1 fully saturated rings. The summed E-state index contributed by atoms with van der Waals surface area (Å²) in [6, 6.07) is 10.1.